The molecule has 1 atom stereocenters. The number of allylic oxidation sites excluding steroid dienone is 2. The molecule has 0 bridgehead atoms. The number of rotatable bonds is 4. The molecular weight excluding hydrogens is 368 g/mol. The van der Waals surface area contributed by atoms with Crippen LogP contribution in [0.3, 0.4) is 0 Å². The number of hydrogen-bond donors (Lipinski definition) is 1. The lowest BCUT2D eigenvalue weighted by Gasteiger charge is -2.30. The molecule has 2 aliphatic rings. The monoisotopic (exact) mass is 390 g/mol. The zero-order valence-electron chi connectivity index (χ0n) is 16.3. The minimum absolute atomic E-state index is 0.219. The predicted molar refractivity (Wildman–Crippen MR) is 105 cm³/mol. The molecule has 8 nitrogen and oxygen atoms in total. The van der Waals surface area contributed by atoms with Crippen molar-refractivity contribution in [2.75, 3.05) is 6.54 Å². The number of nitrogens with zero attached hydrogens (tertiary/aromatic N) is 5. The summed E-state index contributed by atoms with van der Waals surface area (Å²) in [5.74, 6) is 1.55. The molecule has 4 heterocycles. The Kier molecular flexibility index (Phi) is 4.46. The van der Waals surface area contributed by atoms with Crippen molar-refractivity contribution in [3.63, 3.8) is 0 Å². The van der Waals surface area contributed by atoms with Gasteiger partial charge in [-0.25, -0.2) is 0 Å². The van der Waals surface area contributed by atoms with Crippen LogP contribution in [0.5, 0.6) is 0 Å². The fourth-order valence-corrected chi connectivity index (χ4v) is 4.19. The first-order valence-corrected chi connectivity index (χ1v) is 9.94. The van der Waals surface area contributed by atoms with E-state index in [0.29, 0.717) is 37.1 Å². The Bertz CT molecular complexity index is 1070. The second-order valence-electron chi connectivity index (χ2n) is 7.67. The van der Waals surface area contributed by atoms with E-state index >= 15 is 0 Å². The van der Waals surface area contributed by atoms with Crippen molar-refractivity contribution < 1.29 is 9.32 Å². The Balaban J connectivity index is 1.40. The maximum Gasteiger partial charge on any atom is 0.261 e. The van der Waals surface area contributed by atoms with Crippen molar-refractivity contribution in [1.29, 1.82) is 0 Å². The summed E-state index contributed by atoms with van der Waals surface area (Å²) in [4.78, 5) is 23.8. The standard InChI is InChI=1S/C21H22N6O2/c1-13-19(20-25-21(29-26-20)15-10-23-24-11-15)17-6-7-27(12-16(17)9-22-13)18(28)8-14-4-2-3-5-14/h2,4,9-11,14H,3,5-8,12H2,1H3,(H,23,24)/t14-/m0/s1. The van der Waals surface area contributed by atoms with Crippen molar-refractivity contribution >= 4 is 5.91 Å². The van der Waals surface area contributed by atoms with E-state index in [-0.39, 0.29) is 5.91 Å². The average molecular weight is 390 g/mol. The summed E-state index contributed by atoms with van der Waals surface area (Å²) >= 11 is 0. The van der Waals surface area contributed by atoms with Gasteiger partial charge in [0.1, 0.15) is 0 Å². The van der Waals surface area contributed by atoms with Crippen molar-refractivity contribution in [3.05, 3.63) is 47.6 Å². The quantitative estimate of drug-likeness (QED) is 0.687. The zero-order chi connectivity index (χ0) is 19.8. The van der Waals surface area contributed by atoms with Gasteiger partial charge in [-0.1, -0.05) is 17.3 Å². The van der Waals surface area contributed by atoms with Gasteiger partial charge in [0.2, 0.25) is 11.7 Å². The number of carbonyl (C=O) groups excluding carboxylic acids is 1. The first kappa shape index (κ1) is 17.8. The van der Waals surface area contributed by atoms with Gasteiger partial charge in [-0.15, -0.1) is 0 Å². The summed E-state index contributed by atoms with van der Waals surface area (Å²) in [5, 5.41) is 10.8. The molecule has 0 aromatic carbocycles. The molecular formula is C21H22N6O2. The Morgan fingerprint density at radius 3 is 3.10 bits per heavy atom. The molecule has 8 heteroatoms. The van der Waals surface area contributed by atoms with E-state index in [1.807, 2.05) is 18.0 Å². The molecule has 148 valence electrons. The van der Waals surface area contributed by atoms with Crippen LogP contribution < -0.4 is 0 Å². The summed E-state index contributed by atoms with van der Waals surface area (Å²) in [6.07, 6.45) is 13.1. The molecule has 1 amide bonds. The van der Waals surface area contributed by atoms with E-state index in [0.717, 1.165) is 47.2 Å². The third-order valence-electron chi connectivity index (χ3n) is 5.75. The number of aromatic nitrogens is 5. The number of nitrogens with one attached hydrogen (secondary N) is 1. The second-order valence-corrected chi connectivity index (χ2v) is 7.67. The van der Waals surface area contributed by atoms with Gasteiger partial charge in [0, 0.05) is 43.2 Å². The highest BCUT2D eigenvalue weighted by Gasteiger charge is 2.27. The van der Waals surface area contributed by atoms with E-state index in [2.05, 4.69) is 37.5 Å². The number of aryl methyl sites for hydroxylation is 1. The lowest BCUT2D eigenvalue weighted by atomic mass is 9.94. The average Bonchev–Trinajstić information content (AvgIpc) is 3.49. The van der Waals surface area contributed by atoms with Crippen LogP contribution in [0.25, 0.3) is 22.8 Å². The number of H-pyrrole nitrogens is 1. The van der Waals surface area contributed by atoms with E-state index in [1.54, 1.807) is 12.4 Å². The number of amides is 1. The molecule has 3 aromatic rings. The molecule has 5 rings (SSSR count). The van der Waals surface area contributed by atoms with Gasteiger partial charge in [0.25, 0.3) is 5.89 Å². The SMILES string of the molecule is Cc1ncc2c(c1-c1noc(-c3cn[nH]c3)n1)CCN(C(=O)C[C@H]1C=CCC1)C2. The van der Waals surface area contributed by atoms with Gasteiger partial charge >= 0.3 is 0 Å². The molecule has 1 aliphatic heterocycles. The van der Waals surface area contributed by atoms with Crippen molar-refractivity contribution in [2.45, 2.75) is 39.2 Å². The highest BCUT2D eigenvalue weighted by atomic mass is 16.5. The van der Waals surface area contributed by atoms with Crippen LogP contribution in [-0.2, 0) is 17.8 Å². The zero-order valence-corrected chi connectivity index (χ0v) is 16.3. The van der Waals surface area contributed by atoms with Crippen molar-refractivity contribution in [1.82, 2.24) is 30.2 Å². The topological polar surface area (TPSA) is 101 Å². The summed E-state index contributed by atoms with van der Waals surface area (Å²) in [5.41, 5.74) is 4.73. The molecule has 0 fully saturated rings. The summed E-state index contributed by atoms with van der Waals surface area (Å²) in [6, 6.07) is 0. The first-order chi connectivity index (χ1) is 14.2. The number of carbonyl (C=O) groups is 1. The third-order valence-corrected chi connectivity index (χ3v) is 5.75. The maximum absolute atomic E-state index is 12.7. The predicted octanol–water partition coefficient (Wildman–Crippen LogP) is 3.07. The summed E-state index contributed by atoms with van der Waals surface area (Å²) < 4.78 is 5.42. The molecule has 3 aromatic heterocycles. The minimum Gasteiger partial charge on any atom is -0.338 e. The Labute approximate surface area is 168 Å². The van der Waals surface area contributed by atoms with Crippen LogP contribution in [0.15, 0.2) is 35.3 Å². The Morgan fingerprint density at radius 1 is 1.38 bits per heavy atom. The largest absolute Gasteiger partial charge is 0.338 e. The highest BCUT2D eigenvalue weighted by Crippen LogP contribution is 2.32. The molecule has 1 aliphatic carbocycles. The fraction of sp³-hybridized carbons (Fsp3) is 0.381. The van der Waals surface area contributed by atoms with Crippen LogP contribution >= 0.6 is 0 Å². The normalized spacial score (nSPS) is 18.2. The number of hydrogen-bond acceptors (Lipinski definition) is 6. The molecule has 0 saturated heterocycles. The van der Waals surface area contributed by atoms with Crippen molar-refractivity contribution in [2.24, 2.45) is 5.92 Å². The number of aromatic amines is 1. The third kappa shape index (κ3) is 3.35. The van der Waals surface area contributed by atoms with E-state index < -0.39 is 0 Å². The number of pyridine rings is 1. The van der Waals surface area contributed by atoms with Crippen LogP contribution in [0.1, 0.15) is 36.1 Å². The lowest BCUT2D eigenvalue weighted by molar-refractivity contribution is -0.132. The molecule has 29 heavy (non-hydrogen) atoms. The Morgan fingerprint density at radius 2 is 2.31 bits per heavy atom. The van der Waals surface area contributed by atoms with Gasteiger partial charge in [-0.2, -0.15) is 10.1 Å². The smallest absolute Gasteiger partial charge is 0.261 e. The van der Waals surface area contributed by atoms with E-state index in [4.69, 9.17) is 4.52 Å². The molecule has 0 spiro atoms. The molecule has 0 unspecified atom stereocenters. The van der Waals surface area contributed by atoms with Crippen molar-refractivity contribution in [3.8, 4) is 22.8 Å². The molecule has 1 N–H and O–H groups in total. The van der Waals surface area contributed by atoms with Gasteiger partial charge in [0.15, 0.2) is 0 Å². The van der Waals surface area contributed by atoms with Gasteiger partial charge in [-0.3, -0.25) is 14.9 Å². The van der Waals surface area contributed by atoms with Crippen LogP contribution in [-0.4, -0.2) is 42.7 Å². The summed E-state index contributed by atoms with van der Waals surface area (Å²) in [7, 11) is 0. The fourth-order valence-electron chi connectivity index (χ4n) is 4.19. The minimum atomic E-state index is 0.219. The van der Waals surface area contributed by atoms with Crippen LogP contribution in [0, 0.1) is 12.8 Å². The van der Waals surface area contributed by atoms with Gasteiger partial charge in [0.05, 0.1) is 11.8 Å². The van der Waals surface area contributed by atoms with E-state index in [9.17, 15) is 4.79 Å². The second kappa shape index (κ2) is 7.27. The molecule has 0 radical (unpaired) electrons. The van der Waals surface area contributed by atoms with Gasteiger partial charge in [-0.05, 0) is 43.2 Å². The Hall–Kier alpha value is -3.29. The maximum atomic E-state index is 12.7. The highest BCUT2D eigenvalue weighted by molar-refractivity contribution is 5.77. The number of fused-ring (bicyclic) bond motifs is 1. The van der Waals surface area contributed by atoms with Crippen LogP contribution in [0.2, 0.25) is 0 Å². The molecule has 0 saturated carbocycles. The first-order valence-electron chi connectivity index (χ1n) is 9.94. The van der Waals surface area contributed by atoms with E-state index in [1.165, 1.54) is 0 Å². The van der Waals surface area contributed by atoms with Gasteiger partial charge < -0.3 is 9.42 Å². The van der Waals surface area contributed by atoms with Crippen LogP contribution in [0.4, 0.5) is 0 Å². The lowest BCUT2D eigenvalue weighted by Crippen LogP contribution is -2.37. The summed E-state index contributed by atoms with van der Waals surface area (Å²) in [6.45, 7) is 3.23.